The van der Waals surface area contributed by atoms with E-state index in [-0.39, 0.29) is 9.75 Å². The minimum Gasteiger partial charge on any atom is -0.394 e. The largest absolute Gasteiger partial charge is 0.394 e. The number of benzene rings is 2. The summed E-state index contributed by atoms with van der Waals surface area (Å²) in [6.45, 7) is -0.862. The van der Waals surface area contributed by atoms with E-state index in [1.165, 1.54) is 48.5 Å². The lowest BCUT2D eigenvalue weighted by Crippen LogP contribution is -2.30. The maximum atomic E-state index is 13.4. The van der Waals surface area contributed by atoms with E-state index in [1.807, 2.05) is 0 Å². The van der Waals surface area contributed by atoms with Crippen LogP contribution in [-0.2, 0) is 0 Å². The predicted molar refractivity (Wildman–Crippen MR) is 112 cm³/mol. The first-order valence-electron chi connectivity index (χ1n) is 9.35. The van der Waals surface area contributed by atoms with Crippen molar-refractivity contribution in [2.24, 2.45) is 0 Å². The first-order chi connectivity index (χ1) is 14.9. The van der Waals surface area contributed by atoms with Gasteiger partial charge in [-0.15, -0.1) is 11.3 Å². The van der Waals surface area contributed by atoms with Crippen LogP contribution in [-0.4, -0.2) is 35.2 Å². The second-order valence-corrected chi connectivity index (χ2v) is 7.77. The Morgan fingerprint density at radius 1 is 0.774 bits per heavy atom. The molecule has 0 radical (unpaired) electrons. The monoisotopic (exact) mass is 446 g/mol. The molecule has 0 aliphatic rings. The third-order valence-electron chi connectivity index (χ3n) is 4.53. The molecule has 6 nitrogen and oxygen atoms in total. The summed E-state index contributed by atoms with van der Waals surface area (Å²) in [6, 6.07) is 12.3. The van der Waals surface area contributed by atoms with Crippen LogP contribution < -0.4 is 10.6 Å². The van der Waals surface area contributed by atoms with Crippen LogP contribution in [0.2, 0.25) is 0 Å². The summed E-state index contributed by atoms with van der Waals surface area (Å²) < 4.78 is 26.8. The molecule has 0 saturated heterocycles. The Morgan fingerprint density at radius 3 is 1.55 bits per heavy atom. The lowest BCUT2D eigenvalue weighted by atomic mass is 10.1. The molecule has 2 unspecified atom stereocenters. The van der Waals surface area contributed by atoms with Crippen molar-refractivity contribution < 1.29 is 28.6 Å². The third kappa shape index (κ3) is 5.72. The van der Waals surface area contributed by atoms with Crippen molar-refractivity contribution in [3.8, 4) is 0 Å². The highest BCUT2D eigenvalue weighted by molar-refractivity contribution is 7.15. The Labute approximate surface area is 181 Å². The van der Waals surface area contributed by atoms with Crippen molar-refractivity contribution in [3.63, 3.8) is 0 Å². The Morgan fingerprint density at radius 2 is 1.19 bits per heavy atom. The number of nitrogens with one attached hydrogen (secondary N) is 2. The third-order valence-corrected chi connectivity index (χ3v) is 5.61. The number of rotatable bonds is 8. The zero-order valence-electron chi connectivity index (χ0n) is 16.2. The second kappa shape index (κ2) is 10.3. The molecule has 0 fully saturated rings. The maximum absolute atomic E-state index is 13.4. The second-order valence-electron chi connectivity index (χ2n) is 6.69. The molecule has 31 heavy (non-hydrogen) atoms. The zero-order valence-corrected chi connectivity index (χ0v) is 17.0. The molecule has 1 heterocycles. The van der Waals surface area contributed by atoms with Crippen LogP contribution >= 0.6 is 11.3 Å². The van der Waals surface area contributed by atoms with Gasteiger partial charge in [0.1, 0.15) is 11.6 Å². The van der Waals surface area contributed by atoms with E-state index >= 15 is 0 Å². The van der Waals surface area contributed by atoms with Crippen molar-refractivity contribution in [1.82, 2.24) is 10.6 Å². The summed E-state index contributed by atoms with van der Waals surface area (Å²) in [6.07, 6.45) is 0. The minimum atomic E-state index is -0.811. The van der Waals surface area contributed by atoms with Crippen LogP contribution in [0.15, 0.2) is 60.7 Å². The Kier molecular flexibility index (Phi) is 7.45. The zero-order chi connectivity index (χ0) is 22.4. The van der Waals surface area contributed by atoms with Gasteiger partial charge in [-0.2, -0.15) is 0 Å². The van der Waals surface area contributed by atoms with E-state index < -0.39 is 48.7 Å². The first kappa shape index (κ1) is 22.5. The van der Waals surface area contributed by atoms with Gasteiger partial charge in [0.05, 0.1) is 35.1 Å². The Bertz CT molecular complexity index is 991. The smallest absolute Gasteiger partial charge is 0.261 e. The van der Waals surface area contributed by atoms with Crippen molar-refractivity contribution in [2.75, 3.05) is 13.2 Å². The van der Waals surface area contributed by atoms with Crippen molar-refractivity contribution in [1.29, 1.82) is 0 Å². The number of aliphatic hydroxyl groups excluding tert-OH is 2. The fourth-order valence-corrected chi connectivity index (χ4v) is 3.77. The van der Waals surface area contributed by atoms with Crippen molar-refractivity contribution in [3.05, 3.63) is 93.2 Å². The van der Waals surface area contributed by atoms with Gasteiger partial charge in [0, 0.05) is 0 Å². The molecule has 4 N–H and O–H groups in total. The van der Waals surface area contributed by atoms with Crippen molar-refractivity contribution in [2.45, 2.75) is 12.1 Å². The molecular weight excluding hydrogens is 426 g/mol. The average Bonchev–Trinajstić information content (AvgIpc) is 3.26. The van der Waals surface area contributed by atoms with E-state index in [0.29, 0.717) is 11.1 Å². The Hall–Kier alpha value is -3.14. The predicted octanol–water partition coefficient (Wildman–Crippen LogP) is 2.95. The molecule has 162 valence electrons. The maximum Gasteiger partial charge on any atom is 0.261 e. The topological polar surface area (TPSA) is 98.7 Å². The molecule has 3 rings (SSSR count). The molecule has 0 spiro atoms. The van der Waals surface area contributed by atoms with Crippen molar-refractivity contribution >= 4 is 23.2 Å². The van der Waals surface area contributed by atoms with Gasteiger partial charge in [0.2, 0.25) is 0 Å². The number of thiophene rings is 1. The van der Waals surface area contributed by atoms with Crippen LogP contribution in [0.1, 0.15) is 42.6 Å². The van der Waals surface area contributed by atoms with Gasteiger partial charge in [-0.1, -0.05) is 24.3 Å². The van der Waals surface area contributed by atoms with E-state index in [0.717, 1.165) is 11.3 Å². The number of halogens is 2. The van der Waals surface area contributed by atoms with Gasteiger partial charge in [-0.25, -0.2) is 8.78 Å². The lowest BCUT2D eigenvalue weighted by molar-refractivity contribution is 0.0914. The number of aliphatic hydroxyl groups is 2. The summed E-state index contributed by atoms with van der Waals surface area (Å²) in [5.74, 6) is -2.04. The van der Waals surface area contributed by atoms with Gasteiger partial charge in [-0.05, 0) is 47.5 Å². The number of carbonyl (C=O) groups is 2. The summed E-state index contributed by atoms with van der Waals surface area (Å²) >= 11 is 0.915. The van der Waals surface area contributed by atoms with Crippen LogP contribution in [0.5, 0.6) is 0 Å². The van der Waals surface area contributed by atoms with E-state index in [1.54, 1.807) is 12.1 Å². The van der Waals surface area contributed by atoms with E-state index in [2.05, 4.69) is 10.6 Å². The van der Waals surface area contributed by atoms with Crippen LogP contribution in [0.3, 0.4) is 0 Å². The molecule has 0 bridgehead atoms. The first-order valence-corrected chi connectivity index (χ1v) is 10.2. The highest BCUT2D eigenvalue weighted by atomic mass is 32.1. The van der Waals surface area contributed by atoms with Gasteiger partial charge < -0.3 is 20.8 Å². The molecule has 0 aliphatic carbocycles. The number of hydrogen-bond acceptors (Lipinski definition) is 5. The van der Waals surface area contributed by atoms with Crippen LogP contribution in [0.25, 0.3) is 0 Å². The van der Waals surface area contributed by atoms with E-state index in [9.17, 15) is 28.6 Å². The molecule has 2 atom stereocenters. The molecule has 2 aromatic carbocycles. The highest BCUT2D eigenvalue weighted by Gasteiger charge is 2.20. The summed E-state index contributed by atoms with van der Waals surface area (Å²) in [4.78, 5) is 25.5. The molecule has 0 saturated carbocycles. The highest BCUT2D eigenvalue weighted by Crippen LogP contribution is 2.21. The summed E-state index contributed by atoms with van der Waals surface area (Å²) in [5.41, 5.74) is 0.817. The van der Waals surface area contributed by atoms with Gasteiger partial charge in [0.15, 0.2) is 0 Å². The SMILES string of the molecule is O=C(NC(CO)c1cccc(F)c1)c1ccc(C(=O)NC(CO)c2cccc(F)c2)s1. The molecule has 1 aromatic heterocycles. The summed E-state index contributed by atoms with van der Waals surface area (Å²) in [7, 11) is 0. The van der Waals surface area contributed by atoms with E-state index in [4.69, 9.17) is 0 Å². The molecule has 3 aromatic rings. The molecule has 2 amide bonds. The lowest BCUT2D eigenvalue weighted by Gasteiger charge is -2.16. The van der Waals surface area contributed by atoms with Crippen LogP contribution in [0, 0.1) is 11.6 Å². The number of hydrogen-bond donors (Lipinski definition) is 4. The van der Waals surface area contributed by atoms with Gasteiger partial charge in [0.25, 0.3) is 11.8 Å². The standard InChI is InChI=1S/C22H20F2N2O4S/c23-15-5-1-3-13(9-15)17(11-27)25-21(29)19-7-8-20(31-19)22(30)26-18(12-28)14-4-2-6-16(24)10-14/h1-10,17-18,27-28H,11-12H2,(H,25,29)(H,26,30). The number of carbonyl (C=O) groups excluding carboxylic acids is 2. The number of amides is 2. The average molecular weight is 446 g/mol. The fraction of sp³-hybridized carbons (Fsp3) is 0.182. The molecule has 0 aliphatic heterocycles. The summed E-state index contributed by atoms with van der Waals surface area (Å²) in [5, 5.41) is 24.3. The normalized spacial score (nSPS) is 12.8. The molecule has 9 heteroatoms. The molecular formula is C22H20F2N2O4S. The van der Waals surface area contributed by atoms with Gasteiger partial charge in [-0.3, -0.25) is 9.59 Å². The van der Waals surface area contributed by atoms with Crippen LogP contribution in [0.4, 0.5) is 8.78 Å². The minimum absolute atomic E-state index is 0.214. The quantitative estimate of drug-likeness (QED) is 0.428. The fourth-order valence-electron chi connectivity index (χ4n) is 2.96. The van der Waals surface area contributed by atoms with Gasteiger partial charge >= 0.3 is 0 Å². The Balaban J connectivity index is 1.68.